The average molecular weight is 493 g/mol. The number of hydrogen-bond donors (Lipinski definition) is 0. The zero-order chi connectivity index (χ0) is 25.0. The van der Waals surface area contributed by atoms with E-state index in [0.29, 0.717) is 11.1 Å². The van der Waals surface area contributed by atoms with Gasteiger partial charge in [0.25, 0.3) is 5.91 Å². The highest BCUT2D eigenvalue weighted by Gasteiger charge is 2.46. The Bertz CT molecular complexity index is 1590. The van der Waals surface area contributed by atoms with Crippen LogP contribution in [0.25, 0.3) is 11.0 Å². The molecule has 1 amide bonds. The second-order valence-corrected chi connectivity index (χ2v) is 9.31. The molecular formula is C26H21FN2O5S. The summed E-state index contributed by atoms with van der Waals surface area (Å²) in [6, 6.07) is 8.27. The lowest BCUT2D eigenvalue weighted by molar-refractivity contribution is 0.0531. The minimum Gasteiger partial charge on any atom is -0.462 e. The predicted octanol–water partition coefficient (Wildman–Crippen LogP) is 5.24. The molecule has 0 N–H and O–H groups in total. The molecule has 4 aromatic rings. The number of nitrogens with zero attached hydrogens (tertiary/aromatic N) is 2. The Morgan fingerprint density at radius 1 is 1.17 bits per heavy atom. The van der Waals surface area contributed by atoms with Crippen LogP contribution in [-0.2, 0) is 4.74 Å². The largest absolute Gasteiger partial charge is 0.462 e. The molecule has 0 radical (unpaired) electrons. The molecule has 2 aromatic heterocycles. The summed E-state index contributed by atoms with van der Waals surface area (Å²) in [7, 11) is 0. The standard InChI is InChI=1S/C26H21FN2O5S/c1-5-33-25(32)23-14(4)28-26(35-23)29-20(15-8-6-7-9-17(15)27)19-21(30)16-10-12(2)13(3)11-18(16)34-22(19)24(29)31/h6-11,20H,5H2,1-4H3. The van der Waals surface area contributed by atoms with Gasteiger partial charge in [-0.1, -0.05) is 29.5 Å². The highest BCUT2D eigenvalue weighted by atomic mass is 32.1. The third kappa shape index (κ3) is 3.54. The zero-order valence-corrected chi connectivity index (χ0v) is 20.3. The number of hydrogen-bond acceptors (Lipinski definition) is 7. The van der Waals surface area contributed by atoms with Crippen LogP contribution >= 0.6 is 11.3 Å². The Morgan fingerprint density at radius 3 is 2.60 bits per heavy atom. The fourth-order valence-corrected chi connectivity index (χ4v) is 5.28. The van der Waals surface area contributed by atoms with E-state index in [1.165, 1.54) is 23.1 Å². The normalized spacial score (nSPS) is 15.1. The summed E-state index contributed by atoms with van der Waals surface area (Å²) in [5.41, 5.74) is 2.21. The maximum atomic E-state index is 15.1. The van der Waals surface area contributed by atoms with E-state index < -0.39 is 29.2 Å². The Labute approximate surface area is 203 Å². The molecule has 3 heterocycles. The second kappa shape index (κ2) is 8.42. The molecule has 0 fully saturated rings. The number of carbonyl (C=O) groups excluding carboxylic acids is 2. The number of aryl methyl sites for hydroxylation is 3. The number of halogens is 1. The highest BCUT2D eigenvalue weighted by Crippen LogP contribution is 2.43. The minimum atomic E-state index is -1.11. The molecule has 0 aliphatic carbocycles. The molecule has 0 spiro atoms. The minimum absolute atomic E-state index is 0.0430. The van der Waals surface area contributed by atoms with Gasteiger partial charge in [0.2, 0.25) is 5.76 Å². The Kier molecular flexibility index (Phi) is 5.52. The zero-order valence-electron chi connectivity index (χ0n) is 19.5. The smallest absolute Gasteiger partial charge is 0.350 e. The van der Waals surface area contributed by atoms with E-state index >= 15 is 4.39 Å². The van der Waals surface area contributed by atoms with Crippen LogP contribution < -0.4 is 10.3 Å². The third-order valence-electron chi connectivity index (χ3n) is 6.14. The maximum absolute atomic E-state index is 15.1. The van der Waals surface area contributed by atoms with Crippen molar-refractivity contribution in [2.45, 2.75) is 33.7 Å². The van der Waals surface area contributed by atoms with Crippen LogP contribution in [0.15, 0.2) is 45.6 Å². The number of benzene rings is 2. The molecule has 1 atom stereocenters. The molecule has 2 aromatic carbocycles. The van der Waals surface area contributed by atoms with Crippen molar-refractivity contribution in [2.24, 2.45) is 0 Å². The van der Waals surface area contributed by atoms with Gasteiger partial charge in [-0.25, -0.2) is 14.2 Å². The Balaban J connectivity index is 1.78. The van der Waals surface area contributed by atoms with Crippen LogP contribution in [0.3, 0.4) is 0 Å². The summed E-state index contributed by atoms with van der Waals surface area (Å²) in [6.07, 6.45) is 0. The van der Waals surface area contributed by atoms with E-state index in [0.717, 1.165) is 22.5 Å². The van der Waals surface area contributed by atoms with Gasteiger partial charge in [0, 0.05) is 5.56 Å². The van der Waals surface area contributed by atoms with Gasteiger partial charge in [-0.05, 0) is 57.0 Å². The van der Waals surface area contributed by atoms with Gasteiger partial charge in [0.15, 0.2) is 10.6 Å². The van der Waals surface area contributed by atoms with Crippen LogP contribution in [-0.4, -0.2) is 23.5 Å². The van der Waals surface area contributed by atoms with Crippen molar-refractivity contribution < 1.29 is 23.1 Å². The number of ether oxygens (including phenoxy) is 1. The average Bonchev–Trinajstić information content (AvgIpc) is 3.33. The monoisotopic (exact) mass is 492 g/mol. The number of aromatic nitrogens is 1. The first-order valence-corrected chi connectivity index (χ1v) is 11.8. The molecule has 1 aliphatic heterocycles. The van der Waals surface area contributed by atoms with Gasteiger partial charge in [-0.2, -0.15) is 0 Å². The predicted molar refractivity (Wildman–Crippen MR) is 130 cm³/mol. The van der Waals surface area contributed by atoms with E-state index in [2.05, 4.69) is 4.98 Å². The number of fused-ring (bicyclic) bond motifs is 2. The number of amides is 1. The van der Waals surface area contributed by atoms with Crippen LogP contribution in [0.2, 0.25) is 0 Å². The summed E-state index contributed by atoms with van der Waals surface area (Å²) in [4.78, 5) is 45.7. The van der Waals surface area contributed by atoms with Gasteiger partial charge in [0.1, 0.15) is 22.3 Å². The summed E-state index contributed by atoms with van der Waals surface area (Å²) >= 11 is 0.952. The van der Waals surface area contributed by atoms with Crippen LogP contribution in [0.4, 0.5) is 9.52 Å². The van der Waals surface area contributed by atoms with E-state index in [1.54, 1.807) is 32.0 Å². The number of carbonyl (C=O) groups is 2. The SMILES string of the molecule is CCOC(=O)c1sc(N2C(=O)c3oc4cc(C)c(C)cc4c(=O)c3C2c2ccccc2F)nc1C. The van der Waals surface area contributed by atoms with Crippen molar-refractivity contribution in [3.05, 3.63) is 91.0 Å². The van der Waals surface area contributed by atoms with Crippen molar-refractivity contribution >= 4 is 39.3 Å². The van der Waals surface area contributed by atoms with E-state index in [-0.39, 0.29) is 39.1 Å². The fourth-order valence-electron chi connectivity index (χ4n) is 4.29. The molecule has 178 valence electrons. The first-order chi connectivity index (χ1) is 16.7. The molecule has 0 saturated carbocycles. The van der Waals surface area contributed by atoms with Crippen LogP contribution in [0.1, 0.15) is 61.1 Å². The van der Waals surface area contributed by atoms with Crippen molar-refractivity contribution in [1.29, 1.82) is 0 Å². The Morgan fingerprint density at radius 2 is 1.89 bits per heavy atom. The van der Waals surface area contributed by atoms with Crippen molar-refractivity contribution in [2.75, 3.05) is 11.5 Å². The van der Waals surface area contributed by atoms with Crippen LogP contribution in [0, 0.1) is 26.6 Å². The van der Waals surface area contributed by atoms with E-state index in [1.807, 2.05) is 13.8 Å². The molecule has 9 heteroatoms. The summed E-state index contributed by atoms with van der Waals surface area (Å²) in [6.45, 7) is 7.26. The van der Waals surface area contributed by atoms with Crippen molar-refractivity contribution in [1.82, 2.24) is 4.98 Å². The summed E-state index contributed by atoms with van der Waals surface area (Å²) in [5, 5.41) is 0.455. The molecule has 1 unspecified atom stereocenters. The molecule has 5 rings (SSSR count). The first kappa shape index (κ1) is 22.9. The topological polar surface area (TPSA) is 89.7 Å². The molecule has 0 saturated heterocycles. The van der Waals surface area contributed by atoms with E-state index in [4.69, 9.17) is 9.15 Å². The maximum Gasteiger partial charge on any atom is 0.350 e. The molecule has 0 bridgehead atoms. The number of rotatable bonds is 4. The first-order valence-electron chi connectivity index (χ1n) is 11.0. The highest BCUT2D eigenvalue weighted by molar-refractivity contribution is 7.17. The van der Waals surface area contributed by atoms with Gasteiger partial charge >= 0.3 is 5.97 Å². The van der Waals surface area contributed by atoms with Gasteiger partial charge < -0.3 is 9.15 Å². The second-order valence-electron chi connectivity index (χ2n) is 8.34. The quantitative estimate of drug-likeness (QED) is 0.362. The summed E-state index contributed by atoms with van der Waals surface area (Å²) in [5.74, 6) is -1.94. The van der Waals surface area contributed by atoms with Gasteiger partial charge in [-0.15, -0.1) is 0 Å². The summed E-state index contributed by atoms with van der Waals surface area (Å²) < 4.78 is 26.1. The van der Waals surface area contributed by atoms with Gasteiger partial charge in [0.05, 0.1) is 23.3 Å². The van der Waals surface area contributed by atoms with Crippen molar-refractivity contribution in [3.8, 4) is 0 Å². The fraction of sp³-hybridized carbons (Fsp3) is 0.231. The molecule has 1 aliphatic rings. The van der Waals surface area contributed by atoms with Crippen LogP contribution in [0.5, 0.6) is 0 Å². The number of anilines is 1. The molecular weight excluding hydrogens is 471 g/mol. The lowest BCUT2D eigenvalue weighted by Gasteiger charge is -2.22. The third-order valence-corrected chi connectivity index (χ3v) is 7.28. The number of esters is 1. The lowest BCUT2D eigenvalue weighted by Crippen LogP contribution is -2.30. The Hall–Kier alpha value is -3.85. The van der Waals surface area contributed by atoms with Gasteiger partial charge in [-0.3, -0.25) is 14.5 Å². The molecule has 35 heavy (non-hydrogen) atoms. The lowest BCUT2D eigenvalue weighted by atomic mass is 9.97. The molecule has 7 nitrogen and oxygen atoms in total. The van der Waals surface area contributed by atoms with E-state index in [9.17, 15) is 14.4 Å². The number of thiazole rings is 1. The van der Waals surface area contributed by atoms with Crippen molar-refractivity contribution in [3.63, 3.8) is 0 Å².